The van der Waals surface area contributed by atoms with Crippen molar-refractivity contribution in [2.24, 2.45) is 11.1 Å². The van der Waals surface area contributed by atoms with Crippen LogP contribution in [0.25, 0.3) is 0 Å². The first-order valence-electron chi connectivity index (χ1n) is 5.26. The van der Waals surface area contributed by atoms with Crippen LogP contribution in [-0.2, 0) is 0 Å². The molecule has 0 saturated carbocycles. The number of hydrogen-bond acceptors (Lipinski definition) is 2. The van der Waals surface area contributed by atoms with Gasteiger partial charge < -0.3 is 11.1 Å². The molecule has 13 heavy (non-hydrogen) atoms. The number of rotatable bonds is 6. The minimum atomic E-state index is -0.0383. The molecule has 0 aromatic carbocycles. The summed E-state index contributed by atoms with van der Waals surface area (Å²) in [5.74, 6) is 0. The maximum absolute atomic E-state index is 5.88. The summed E-state index contributed by atoms with van der Waals surface area (Å²) in [4.78, 5) is 0. The molecule has 0 heterocycles. The fourth-order valence-corrected chi connectivity index (χ4v) is 0.962. The number of hydrogen-bond donors (Lipinski definition) is 2. The van der Waals surface area contributed by atoms with Gasteiger partial charge in [-0.1, -0.05) is 20.8 Å². The molecule has 0 atom stereocenters. The molecule has 0 fully saturated rings. The van der Waals surface area contributed by atoms with Gasteiger partial charge in [-0.2, -0.15) is 0 Å². The lowest BCUT2D eigenvalue weighted by atomic mass is 9.90. The highest BCUT2D eigenvalue weighted by Crippen LogP contribution is 2.17. The van der Waals surface area contributed by atoms with Crippen molar-refractivity contribution in [1.82, 2.24) is 5.32 Å². The van der Waals surface area contributed by atoms with Gasteiger partial charge in [0.05, 0.1) is 0 Å². The third-order valence-corrected chi connectivity index (χ3v) is 2.51. The maximum Gasteiger partial charge on any atom is 0.0109 e. The average molecular weight is 186 g/mol. The Morgan fingerprint density at radius 3 is 2.08 bits per heavy atom. The van der Waals surface area contributed by atoms with E-state index < -0.39 is 0 Å². The first kappa shape index (κ1) is 12.9. The second-order valence-electron chi connectivity index (χ2n) is 5.43. The van der Waals surface area contributed by atoms with Crippen LogP contribution in [0.15, 0.2) is 0 Å². The van der Waals surface area contributed by atoms with Gasteiger partial charge in [0.15, 0.2) is 0 Å². The SMILES string of the molecule is CCC(C)(C)CNCCC(C)(C)N. The van der Waals surface area contributed by atoms with Crippen molar-refractivity contribution in [2.75, 3.05) is 13.1 Å². The van der Waals surface area contributed by atoms with E-state index in [0.717, 1.165) is 19.5 Å². The summed E-state index contributed by atoms with van der Waals surface area (Å²) >= 11 is 0. The zero-order chi connectivity index (χ0) is 10.5. The van der Waals surface area contributed by atoms with Crippen LogP contribution in [0.3, 0.4) is 0 Å². The third kappa shape index (κ3) is 8.26. The number of nitrogens with two attached hydrogens (primary N) is 1. The molecule has 0 aromatic rings. The van der Waals surface area contributed by atoms with E-state index in [-0.39, 0.29) is 5.54 Å². The molecule has 0 aliphatic carbocycles. The second kappa shape index (κ2) is 4.97. The first-order chi connectivity index (χ1) is 5.77. The van der Waals surface area contributed by atoms with Crippen LogP contribution >= 0.6 is 0 Å². The molecule has 0 aliphatic rings. The summed E-state index contributed by atoms with van der Waals surface area (Å²) in [6.45, 7) is 13.0. The van der Waals surface area contributed by atoms with Crippen molar-refractivity contribution in [2.45, 2.75) is 53.0 Å². The van der Waals surface area contributed by atoms with Crippen molar-refractivity contribution in [3.63, 3.8) is 0 Å². The zero-order valence-corrected chi connectivity index (χ0v) is 9.91. The topological polar surface area (TPSA) is 38.0 Å². The summed E-state index contributed by atoms with van der Waals surface area (Å²) in [5, 5.41) is 3.45. The Labute approximate surface area is 83.3 Å². The molecule has 0 aliphatic heterocycles. The Kier molecular flexibility index (Phi) is 4.93. The summed E-state index contributed by atoms with van der Waals surface area (Å²) < 4.78 is 0. The Morgan fingerprint density at radius 1 is 1.15 bits per heavy atom. The fourth-order valence-electron chi connectivity index (χ4n) is 0.962. The van der Waals surface area contributed by atoms with Gasteiger partial charge in [0, 0.05) is 12.1 Å². The van der Waals surface area contributed by atoms with Crippen molar-refractivity contribution in [3.05, 3.63) is 0 Å². The van der Waals surface area contributed by atoms with Gasteiger partial charge in [-0.15, -0.1) is 0 Å². The Bertz CT molecular complexity index is 134. The Hall–Kier alpha value is -0.0800. The van der Waals surface area contributed by atoms with Gasteiger partial charge >= 0.3 is 0 Å². The molecular formula is C11H26N2. The standard InChI is InChI=1S/C11H26N2/c1-6-10(2,3)9-13-8-7-11(4,5)12/h13H,6-9,12H2,1-5H3. The number of nitrogens with one attached hydrogen (secondary N) is 1. The first-order valence-corrected chi connectivity index (χ1v) is 5.26. The van der Waals surface area contributed by atoms with E-state index >= 15 is 0 Å². The van der Waals surface area contributed by atoms with Crippen LogP contribution in [0.2, 0.25) is 0 Å². The van der Waals surface area contributed by atoms with Crippen LogP contribution in [0.5, 0.6) is 0 Å². The molecule has 80 valence electrons. The van der Waals surface area contributed by atoms with Crippen LogP contribution in [0.4, 0.5) is 0 Å². The van der Waals surface area contributed by atoms with E-state index in [1.54, 1.807) is 0 Å². The average Bonchev–Trinajstić information content (AvgIpc) is 1.97. The summed E-state index contributed by atoms with van der Waals surface area (Å²) in [6.07, 6.45) is 2.25. The maximum atomic E-state index is 5.88. The van der Waals surface area contributed by atoms with Crippen molar-refractivity contribution in [1.29, 1.82) is 0 Å². The van der Waals surface area contributed by atoms with Gasteiger partial charge in [-0.05, 0) is 38.6 Å². The summed E-state index contributed by atoms with van der Waals surface area (Å²) in [7, 11) is 0. The van der Waals surface area contributed by atoms with E-state index in [1.807, 2.05) is 0 Å². The van der Waals surface area contributed by atoms with Crippen molar-refractivity contribution in [3.8, 4) is 0 Å². The lowest BCUT2D eigenvalue weighted by molar-refractivity contribution is 0.320. The zero-order valence-electron chi connectivity index (χ0n) is 9.91. The molecular weight excluding hydrogens is 160 g/mol. The van der Waals surface area contributed by atoms with Gasteiger partial charge in [-0.3, -0.25) is 0 Å². The fraction of sp³-hybridized carbons (Fsp3) is 1.00. The molecule has 0 spiro atoms. The predicted octanol–water partition coefficient (Wildman–Crippen LogP) is 2.14. The van der Waals surface area contributed by atoms with Crippen LogP contribution < -0.4 is 11.1 Å². The molecule has 0 aromatic heterocycles. The van der Waals surface area contributed by atoms with E-state index in [9.17, 15) is 0 Å². The quantitative estimate of drug-likeness (QED) is 0.624. The smallest absolute Gasteiger partial charge is 0.0109 e. The van der Waals surface area contributed by atoms with Gasteiger partial charge in [0.25, 0.3) is 0 Å². The monoisotopic (exact) mass is 186 g/mol. The molecule has 0 rings (SSSR count). The molecule has 0 unspecified atom stereocenters. The second-order valence-corrected chi connectivity index (χ2v) is 5.43. The van der Waals surface area contributed by atoms with Crippen LogP contribution in [0, 0.1) is 5.41 Å². The van der Waals surface area contributed by atoms with Crippen molar-refractivity contribution < 1.29 is 0 Å². The van der Waals surface area contributed by atoms with Crippen molar-refractivity contribution >= 4 is 0 Å². The third-order valence-electron chi connectivity index (χ3n) is 2.51. The molecule has 0 amide bonds. The molecule has 0 radical (unpaired) electrons. The molecule has 0 saturated heterocycles. The highest BCUT2D eigenvalue weighted by atomic mass is 14.9. The van der Waals surface area contributed by atoms with E-state index in [1.165, 1.54) is 6.42 Å². The van der Waals surface area contributed by atoms with E-state index in [4.69, 9.17) is 5.73 Å². The van der Waals surface area contributed by atoms with Gasteiger partial charge in [0.2, 0.25) is 0 Å². The van der Waals surface area contributed by atoms with Gasteiger partial charge in [0.1, 0.15) is 0 Å². The van der Waals surface area contributed by atoms with Crippen LogP contribution in [-0.4, -0.2) is 18.6 Å². The van der Waals surface area contributed by atoms with E-state index in [0.29, 0.717) is 5.41 Å². The summed E-state index contributed by atoms with van der Waals surface area (Å²) in [5.41, 5.74) is 6.25. The van der Waals surface area contributed by atoms with E-state index in [2.05, 4.69) is 39.9 Å². The largest absolute Gasteiger partial charge is 0.326 e. The van der Waals surface area contributed by atoms with Gasteiger partial charge in [-0.25, -0.2) is 0 Å². The predicted molar refractivity (Wildman–Crippen MR) is 59.8 cm³/mol. The lowest BCUT2D eigenvalue weighted by Crippen LogP contribution is -2.38. The summed E-state index contributed by atoms with van der Waals surface area (Å²) in [6, 6.07) is 0. The molecule has 2 heteroatoms. The minimum absolute atomic E-state index is 0.0383. The molecule has 0 bridgehead atoms. The minimum Gasteiger partial charge on any atom is -0.326 e. The highest BCUT2D eigenvalue weighted by molar-refractivity contribution is 4.74. The highest BCUT2D eigenvalue weighted by Gasteiger charge is 2.15. The lowest BCUT2D eigenvalue weighted by Gasteiger charge is -2.24. The molecule has 3 N–H and O–H groups in total. The Balaban J connectivity index is 3.47. The normalized spacial score (nSPS) is 13.4. The molecule has 2 nitrogen and oxygen atoms in total. The Morgan fingerprint density at radius 2 is 1.69 bits per heavy atom. The van der Waals surface area contributed by atoms with Crippen LogP contribution in [0.1, 0.15) is 47.5 Å².